The van der Waals surface area contributed by atoms with Gasteiger partial charge in [-0.05, 0) is 57.0 Å². The summed E-state index contributed by atoms with van der Waals surface area (Å²) in [6.07, 6.45) is 3.89. The average molecular weight is 488 g/mol. The smallest absolute Gasteiger partial charge is 0.254 e. The Morgan fingerprint density at radius 3 is 2.36 bits per heavy atom. The number of carbonyl (C=O) groups is 1. The zero-order valence-electron chi connectivity index (χ0n) is 18.6. The first-order valence-electron chi connectivity index (χ1n) is 11.2. The van der Waals surface area contributed by atoms with E-state index in [9.17, 15) is 13.2 Å². The highest BCUT2D eigenvalue weighted by atomic mass is 35.5. The van der Waals surface area contributed by atoms with Gasteiger partial charge in [-0.2, -0.15) is 9.40 Å². The van der Waals surface area contributed by atoms with Crippen molar-refractivity contribution in [3.05, 3.63) is 52.8 Å². The number of piperazine rings is 1. The molecule has 10 heteroatoms. The molecule has 0 unspecified atom stereocenters. The Bertz CT molecular complexity index is 1310. The maximum Gasteiger partial charge on any atom is 0.254 e. The Hall–Kier alpha value is -2.49. The topological polar surface area (TPSA) is 88.4 Å². The number of benzene rings is 1. The molecule has 0 spiro atoms. The summed E-state index contributed by atoms with van der Waals surface area (Å²) >= 11 is 5.89. The fourth-order valence-corrected chi connectivity index (χ4v) is 5.79. The second-order valence-corrected chi connectivity index (χ2v) is 11.3. The highest BCUT2D eigenvalue weighted by Crippen LogP contribution is 2.40. The minimum Gasteiger partial charge on any atom is -0.336 e. The normalized spacial score (nSPS) is 17.8. The average Bonchev–Trinajstić information content (AvgIpc) is 3.57. The van der Waals surface area contributed by atoms with Gasteiger partial charge < -0.3 is 4.90 Å². The van der Waals surface area contributed by atoms with Gasteiger partial charge in [-0.15, -0.1) is 0 Å². The van der Waals surface area contributed by atoms with E-state index in [1.54, 1.807) is 23.2 Å². The van der Waals surface area contributed by atoms with Crippen molar-refractivity contribution in [2.24, 2.45) is 0 Å². The Morgan fingerprint density at radius 2 is 1.76 bits per heavy atom. The number of rotatable bonds is 5. The number of aromatic nitrogens is 3. The second kappa shape index (κ2) is 8.38. The van der Waals surface area contributed by atoms with Crippen LogP contribution in [0.25, 0.3) is 11.0 Å². The van der Waals surface area contributed by atoms with E-state index in [1.165, 1.54) is 16.4 Å². The summed E-state index contributed by atoms with van der Waals surface area (Å²) in [6.45, 7) is 5.22. The van der Waals surface area contributed by atoms with E-state index in [0.29, 0.717) is 29.6 Å². The number of hydrogen-bond acceptors (Lipinski definition) is 5. The van der Waals surface area contributed by atoms with E-state index in [-0.39, 0.29) is 29.9 Å². The molecule has 3 heterocycles. The maximum atomic E-state index is 13.5. The molecule has 33 heavy (non-hydrogen) atoms. The molecule has 1 aliphatic carbocycles. The number of pyridine rings is 1. The summed E-state index contributed by atoms with van der Waals surface area (Å²) in [5.41, 5.74) is 2.28. The van der Waals surface area contributed by atoms with Crippen LogP contribution in [0.4, 0.5) is 0 Å². The van der Waals surface area contributed by atoms with Crippen molar-refractivity contribution < 1.29 is 13.2 Å². The van der Waals surface area contributed by atoms with Crippen LogP contribution >= 0.6 is 11.6 Å². The number of fused-ring (bicyclic) bond motifs is 1. The Morgan fingerprint density at radius 1 is 1.09 bits per heavy atom. The van der Waals surface area contributed by atoms with Crippen molar-refractivity contribution in [1.82, 2.24) is 24.0 Å². The molecular formula is C23H26ClN5O3S. The van der Waals surface area contributed by atoms with E-state index in [1.807, 2.05) is 24.6 Å². The lowest BCUT2D eigenvalue weighted by molar-refractivity contribution is 0.0699. The molecule has 2 aromatic heterocycles. The summed E-state index contributed by atoms with van der Waals surface area (Å²) in [4.78, 5) is 20.3. The fraction of sp³-hybridized carbons (Fsp3) is 0.435. The van der Waals surface area contributed by atoms with E-state index in [4.69, 9.17) is 16.6 Å². The van der Waals surface area contributed by atoms with Gasteiger partial charge in [-0.25, -0.2) is 18.1 Å². The van der Waals surface area contributed by atoms with Gasteiger partial charge in [0.15, 0.2) is 5.65 Å². The molecule has 0 bridgehead atoms. The number of hydrogen-bond donors (Lipinski definition) is 0. The van der Waals surface area contributed by atoms with Crippen LogP contribution in [0.15, 0.2) is 41.4 Å². The van der Waals surface area contributed by atoms with Gasteiger partial charge in [-0.1, -0.05) is 11.6 Å². The lowest BCUT2D eigenvalue weighted by atomic mass is 10.1. The second-order valence-electron chi connectivity index (χ2n) is 8.94. The molecule has 0 radical (unpaired) electrons. The zero-order chi connectivity index (χ0) is 23.3. The van der Waals surface area contributed by atoms with Gasteiger partial charge >= 0.3 is 0 Å². The van der Waals surface area contributed by atoms with Crippen LogP contribution < -0.4 is 0 Å². The number of nitrogens with zero attached hydrogens (tertiary/aromatic N) is 5. The number of halogens is 1. The van der Waals surface area contributed by atoms with E-state index >= 15 is 0 Å². The van der Waals surface area contributed by atoms with Gasteiger partial charge in [0.1, 0.15) is 0 Å². The summed E-state index contributed by atoms with van der Waals surface area (Å²) in [5, 5.41) is 5.70. The van der Waals surface area contributed by atoms with Crippen LogP contribution in [0.2, 0.25) is 5.02 Å². The summed E-state index contributed by atoms with van der Waals surface area (Å²) < 4.78 is 29.2. The third kappa shape index (κ3) is 4.13. The predicted octanol–water partition coefficient (Wildman–Crippen LogP) is 3.69. The standard InChI is InChI=1S/C23H26ClN5O3S/c1-15(2)29-22-20(14-25-29)19(13-21(26-22)16-3-4-16)23(30)27-9-11-28(12-10-27)33(31,32)18-7-5-17(24)6-8-18/h5-8,13-16H,3-4,9-12H2,1-2H3. The van der Waals surface area contributed by atoms with Crippen LogP contribution in [0.3, 0.4) is 0 Å². The summed E-state index contributed by atoms with van der Waals surface area (Å²) in [6, 6.07) is 8.19. The van der Waals surface area contributed by atoms with E-state index < -0.39 is 10.0 Å². The largest absolute Gasteiger partial charge is 0.336 e. The first-order valence-corrected chi connectivity index (χ1v) is 13.0. The van der Waals surface area contributed by atoms with Gasteiger partial charge in [0, 0.05) is 48.9 Å². The molecule has 174 valence electrons. The molecule has 1 aliphatic heterocycles. The van der Waals surface area contributed by atoms with Crippen LogP contribution in [0.1, 0.15) is 54.7 Å². The van der Waals surface area contributed by atoms with E-state index in [0.717, 1.165) is 29.6 Å². The van der Waals surface area contributed by atoms with Crippen LogP contribution in [0, 0.1) is 0 Å². The predicted molar refractivity (Wildman–Crippen MR) is 126 cm³/mol. The number of carbonyl (C=O) groups excluding carboxylic acids is 1. The molecule has 5 rings (SSSR count). The van der Waals surface area contributed by atoms with Crippen molar-refractivity contribution in [3.8, 4) is 0 Å². The van der Waals surface area contributed by atoms with E-state index in [2.05, 4.69) is 5.10 Å². The molecule has 1 saturated carbocycles. The minimum atomic E-state index is -3.63. The summed E-state index contributed by atoms with van der Waals surface area (Å²) in [7, 11) is -3.63. The first kappa shape index (κ1) is 22.3. The first-order chi connectivity index (χ1) is 15.8. The zero-order valence-corrected chi connectivity index (χ0v) is 20.2. The molecule has 2 fully saturated rings. The molecule has 1 saturated heterocycles. The lowest BCUT2D eigenvalue weighted by Crippen LogP contribution is -2.50. The van der Waals surface area contributed by atoms with Crippen molar-refractivity contribution in [1.29, 1.82) is 0 Å². The van der Waals surface area contributed by atoms with Crippen molar-refractivity contribution in [2.45, 2.75) is 43.5 Å². The van der Waals surface area contributed by atoms with Gasteiger partial charge in [0.2, 0.25) is 10.0 Å². The number of sulfonamides is 1. The lowest BCUT2D eigenvalue weighted by Gasteiger charge is -2.34. The van der Waals surface area contributed by atoms with Crippen LogP contribution in [0.5, 0.6) is 0 Å². The van der Waals surface area contributed by atoms with Crippen molar-refractivity contribution in [3.63, 3.8) is 0 Å². The Balaban J connectivity index is 1.39. The monoisotopic (exact) mass is 487 g/mol. The highest BCUT2D eigenvalue weighted by molar-refractivity contribution is 7.89. The van der Waals surface area contributed by atoms with Crippen LogP contribution in [-0.2, 0) is 10.0 Å². The van der Waals surface area contributed by atoms with Crippen LogP contribution in [-0.4, -0.2) is 64.5 Å². The Kier molecular flexibility index (Phi) is 5.66. The molecule has 3 aromatic rings. The third-order valence-corrected chi connectivity index (χ3v) is 8.44. The fourth-order valence-electron chi connectivity index (χ4n) is 4.24. The molecule has 1 aromatic carbocycles. The quantitative estimate of drug-likeness (QED) is 0.547. The third-order valence-electron chi connectivity index (χ3n) is 6.28. The molecule has 0 atom stereocenters. The minimum absolute atomic E-state index is 0.101. The van der Waals surface area contributed by atoms with Crippen molar-refractivity contribution in [2.75, 3.05) is 26.2 Å². The molecular weight excluding hydrogens is 462 g/mol. The van der Waals surface area contributed by atoms with Gasteiger partial charge in [0.25, 0.3) is 5.91 Å². The molecule has 2 aliphatic rings. The molecule has 0 N–H and O–H groups in total. The number of amides is 1. The Labute approximate surface area is 198 Å². The van der Waals surface area contributed by atoms with Gasteiger partial charge in [0.05, 0.1) is 22.0 Å². The van der Waals surface area contributed by atoms with Gasteiger partial charge in [-0.3, -0.25) is 4.79 Å². The SMILES string of the molecule is CC(C)n1ncc2c(C(=O)N3CCN(S(=O)(=O)c4ccc(Cl)cc4)CC3)cc(C3CC3)nc21. The molecule has 8 nitrogen and oxygen atoms in total. The highest BCUT2D eigenvalue weighted by Gasteiger charge is 2.33. The maximum absolute atomic E-state index is 13.5. The van der Waals surface area contributed by atoms with Crippen molar-refractivity contribution >= 4 is 38.6 Å². The summed E-state index contributed by atoms with van der Waals surface area (Å²) in [5.74, 6) is 0.300. The molecule has 1 amide bonds.